The van der Waals surface area contributed by atoms with Crippen molar-refractivity contribution in [1.82, 2.24) is 14.7 Å². The van der Waals surface area contributed by atoms with Crippen molar-refractivity contribution in [3.63, 3.8) is 0 Å². The van der Waals surface area contributed by atoms with E-state index in [0.29, 0.717) is 11.3 Å². The maximum Gasteiger partial charge on any atom is 1.00 e. The Labute approximate surface area is 135 Å². The van der Waals surface area contributed by atoms with E-state index in [9.17, 15) is 14.7 Å². The van der Waals surface area contributed by atoms with Gasteiger partial charge in [0, 0.05) is 13.2 Å². The van der Waals surface area contributed by atoms with Gasteiger partial charge in [0.25, 0.3) is 5.91 Å². The number of rotatable bonds is 2. The second-order valence-electron chi connectivity index (χ2n) is 3.97. The molecule has 2 aliphatic rings. The number of amides is 1. The number of β-lactam (4-membered cyclic amide) rings is 1. The van der Waals surface area contributed by atoms with E-state index in [0.717, 1.165) is 0 Å². The number of fused-ring (bicyclic) bond motifs is 1. The summed E-state index contributed by atoms with van der Waals surface area (Å²) in [6.45, 7) is 0. The zero-order valence-corrected chi connectivity index (χ0v) is 13.2. The van der Waals surface area contributed by atoms with Crippen molar-refractivity contribution in [3.05, 3.63) is 34.6 Å². The first-order chi connectivity index (χ1) is 8.58. The fraction of sp³-hybridized carbons (Fsp3) is 0.182. The van der Waals surface area contributed by atoms with E-state index in [1.165, 1.54) is 22.1 Å². The summed E-state index contributed by atoms with van der Waals surface area (Å²) in [7, 11) is 1.79. The third-order valence-corrected chi connectivity index (χ3v) is 3.86. The van der Waals surface area contributed by atoms with Gasteiger partial charge in [-0.25, -0.2) is 0 Å². The minimum Gasteiger partial charge on any atom is -0.543 e. The van der Waals surface area contributed by atoms with Crippen LogP contribution in [0.4, 0.5) is 0 Å². The monoisotopic (exact) mass is 285 g/mol. The number of hydrogen-bond acceptors (Lipinski definition) is 5. The van der Waals surface area contributed by atoms with Gasteiger partial charge in [-0.3, -0.25) is 14.4 Å². The van der Waals surface area contributed by atoms with E-state index in [1.54, 1.807) is 30.1 Å². The average Bonchev–Trinajstić information content (AvgIpc) is 2.89. The van der Waals surface area contributed by atoms with E-state index >= 15 is 0 Å². The van der Waals surface area contributed by atoms with E-state index in [2.05, 4.69) is 5.10 Å². The molecule has 1 saturated heterocycles. The van der Waals surface area contributed by atoms with Gasteiger partial charge in [0.15, 0.2) is 0 Å². The summed E-state index contributed by atoms with van der Waals surface area (Å²) in [6.07, 6.45) is 3.46. The fourth-order valence-corrected chi connectivity index (χ4v) is 3.04. The Morgan fingerprint density at radius 1 is 1.58 bits per heavy atom. The van der Waals surface area contributed by atoms with Crippen LogP contribution in [-0.2, 0) is 16.6 Å². The number of aryl methyl sites for hydroxylation is 1. The number of aliphatic carboxylic acids is 1. The number of carboxylic acid groups (broad SMARTS) is 1. The van der Waals surface area contributed by atoms with Crippen LogP contribution in [0.25, 0.3) is 6.08 Å². The number of aromatic nitrogens is 2. The molecule has 92 valence electrons. The van der Waals surface area contributed by atoms with Gasteiger partial charge in [0.05, 0.1) is 22.9 Å². The molecule has 8 heteroatoms. The van der Waals surface area contributed by atoms with Gasteiger partial charge in [-0.2, -0.15) is 5.10 Å². The second kappa shape index (κ2) is 5.16. The quantitative estimate of drug-likeness (QED) is 0.318. The van der Waals surface area contributed by atoms with Crippen LogP contribution < -0.4 is 34.7 Å². The molecule has 6 nitrogen and oxygen atoms in total. The van der Waals surface area contributed by atoms with Crippen molar-refractivity contribution < 1.29 is 44.3 Å². The smallest absolute Gasteiger partial charge is 0.543 e. The van der Waals surface area contributed by atoms with Crippen LogP contribution in [0.1, 0.15) is 5.69 Å². The third kappa shape index (κ3) is 2.27. The van der Waals surface area contributed by atoms with E-state index in [4.69, 9.17) is 0 Å². The molecular formula is C11H8N3NaO3S. The Bertz CT molecular complexity index is 622. The van der Waals surface area contributed by atoms with Crippen LogP contribution in [0.5, 0.6) is 0 Å². The molecule has 0 aromatic carbocycles. The summed E-state index contributed by atoms with van der Waals surface area (Å²) in [6, 6.07) is 1.79. The number of carbonyl (C=O) groups excluding carboxylic acids is 2. The van der Waals surface area contributed by atoms with Crippen LogP contribution in [0.3, 0.4) is 0 Å². The van der Waals surface area contributed by atoms with E-state index in [-0.39, 0.29) is 46.5 Å². The topological polar surface area (TPSA) is 78.3 Å². The Hall–Kier alpha value is -1.02. The van der Waals surface area contributed by atoms with Gasteiger partial charge in [-0.1, -0.05) is 0 Å². The Kier molecular flexibility index (Phi) is 3.91. The number of carbonyl (C=O) groups is 2. The molecule has 3 heterocycles. The van der Waals surface area contributed by atoms with Gasteiger partial charge in [0.2, 0.25) is 0 Å². The van der Waals surface area contributed by atoms with Crippen molar-refractivity contribution in [3.8, 4) is 0 Å². The summed E-state index contributed by atoms with van der Waals surface area (Å²) in [5.41, 5.74) is 1.18. The molecule has 1 atom stereocenters. The number of carboxylic acids is 1. The minimum atomic E-state index is -1.32. The molecule has 19 heavy (non-hydrogen) atoms. The van der Waals surface area contributed by atoms with E-state index in [1.807, 2.05) is 0 Å². The molecule has 3 rings (SSSR count). The number of thioether (sulfide) groups is 1. The largest absolute Gasteiger partial charge is 1.00 e. The average molecular weight is 285 g/mol. The molecule has 1 amide bonds. The summed E-state index contributed by atoms with van der Waals surface area (Å²) >= 11 is 1.29. The summed E-state index contributed by atoms with van der Waals surface area (Å²) in [5.74, 6) is -1.62. The van der Waals surface area contributed by atoms with E-state index < -0.39 is 5.97 Å². The van der Waals surface area contributed by atoms with Crippen LogP contribution in [-0.4, -0.2) is 31.9 Å². The number of hydrogen-bond donors (Lipinski definition) is 0. The standard InChI is InChI=1S/C11H9N3O3S.Na/c1-13-3-2-6(12-13)4-7-9(15)14-8(11(16)17)5-18-10(7)14;/h2-5,10H,1H3,(H,16,17);/q;+1/p-1/b7-4+;/t10-;/m1./s1. The predicted molar refractivity (Wildman–Crippen MR) is 62.5 cm³/mol. The minimum absolute atomic E-state index is 0. The molecule has 1 aromatic rings. The molecule has 1 aromatic heterocycles. The zero-order valence-electron chi connectivity index (χ0n) is 10.4. The molecular weight excluding hydrogens is 277 g/mol. The summed E-state index contributed by atoms with van der Waals surface area (Å²) in [5, 5.41) is 16.1. The number of nitrogens with zero attached hydrogens (tertiary/aromatic N) is 3. The van der Waals surface area contributed by atoms with Gasteiger partial charge in [-0.05, 0) is 17.6 Å². The third-order valence-electron chi connectivity index (χ3n) is 2.78. The first-order valence-corrected chi connectivity index (χ1v) is 6.14. The van der Waals surface area contributed by atoms with Crippen molar-refractivity contribution in [2.45, 2.75) is 5.37 Å². The molecule has 0 unspecified atom stereocenters. The summed E-state index contributed by atoms with van der Waals surface area (Å²) in [4.78, 5) is 23.9. The van der Waals surface area contributed by atoms with Crippen LogP contribution in [0.2, 0.25) is 0 Å². The van der Waals surface area contributed by atoms with Crippen molar-refractivity contribution in [1.29, 1.82) is 0 Å². The molecule has 0 N–H and O–H groups in total. The maximum absolute atomic E-state index is 11.8. The summed E-state index contributed by atoms with van der Waals surface area (Å²) < 4.78 is 1.64. The fourth-order valence-electron chi connectivity index (χ4n) is 1.93. The predicted octanol–water partition coefficient (Wildman–Crippen LogP) is -3.69. The maximum atomic E-state index is 11.8. The Balaban J connectivity index is 0.00000133. The molecule has 1 fully saturated rings. The van der Waals surface area contributed by atoms with Crippen LogP contribution >= 0.6 is 11.8 Å². The normalized spacial score (nSPS) is 22.7. The van der Waals surface area contributed by atoms with Gasteiger partial charge < -0.3 is 9.90 Å². The van der Waals surface area contributed by atoms with Crippen LogP contribution in [0.15, 0.2) is 28.9 Å². The first kappa shape index (κ1) is 14.4. The SMILES string of the molecule is Cn1ccc(/C=C2\C(=O)N3C(C(=O)[O-])=CS[C@H]23)n1.[Na+]. The molecule has 0 spiro atoms. The van der Waals surface area contributed by atoms with Crippen molar-refractivity contribution >= 4 is 29.7 Å². The molecule has 0 radical (unpaired) electrons. The van der Waals surface area contributed by atoms with Gasteiger partial charge in [-0.15, -0.1) is 11.8 Å². The van der Waals surface area contributed by atoms with Crippen molar-refractivity contribution in [2.24, 2.45) is 7.05 Å². The molecule has 2 aliphatic heterocycles. The molecule has 0 aliphatic carbocycles. The Morgan fingerprint density at radius 2 is 2.32 bits per heavy atom. The van der Waals surface area contributed by atoms with Crippen molar-refractivity contribution in [2.75, 3.05) is 0 Å². The first-order valence-electron chi connectivity index (χ1n) is 5.19. The van der Waals surface area contributed by atoms with Crippen LogP contribution in [0, 0.1) is 0 Å². The van der Waals surface area contributed by atoms with Gasteiger partial charge in [0.1, 0.15) is 5.37 Å². The molecule has 0 saturated carbocycles. The Morgan fingerprint density at radius 3 is 2.89 bits per heavy atom. The van der Waals surface area contributed by atoms with Gasteiger partial charge >= 0.3 is 29.6 Å². The molecule has 0 bridgehead atoms. The second-order valence-corrected chi connectivity index (χ2v) is 4.92. The zero-order chi connectivity index (χ0) is 12.9.